The monoisotopic (exact) mass is 423 g/mol. The molecular weight excluding hydrogens is 404 g/mol. The Morgan fingerprint density at radius 2 is 1.86 bits per heavy atom. The quantitative estimate of drug-likeness (QED) is 0.646. The van der Waals surface area contributed by atoms with Crippen LogP contribution in [0.1, 0.15) is 22.8 Å². The van der Waals surface area contributed by atoms with Crippen molar-refractivity contribution in [3.8, 4) is 0 Å². The Bertz CT molecular complexity index is 1140. The molecule has 0 spiro atoms. The zero-order chi connectivity index (χ0) is 21.6. The van der Waals surface area contributed by atoms with Crippen LogP contribution in [0.2, 0.25) is 0 Å². The van der Waals surface area contributed by atoms with E-state index < -0.39 is 38.9 Å². The standard InChI is InChI=1S/C18H19F2N5O3S/c1-18(9-29(27,28)25(2)17(22)24-18)13-8-11(4-6-14(13)19)23-16(26)12-5-3-10(21)7-15(12)20/h3-8H,9,21H2,1-2H3,(H2,22,24)(H,23,26)/t18-/m0/s1. The number of nitrogens with zero attached hydrogens (tertiary/aromatic N) is 2. The lowest BCUT2D eigenvalue weighted by Gasteiger charge is -2.34. The third-order valence-corrected chi connectivity index (χ3v) is 6.56. The maximum Gasteiger partial charge on any atom is 0.258 e. The van der Waals surface area contributed by atoms with Crippen molar-refractivity contribution in [1.82, 2.24) is 4.31 Å². The van der Waals surface area contributed by atoms with E-state index in [1.54, 1.807) is 0 Å². The summed E-state index contributed by atoms with van der Waals surface area (Å²) in [7, 11) is -2.56. The van der Waals surface area contributed by atoms with Gasteiger partial charge in [0.05, 0.1) is 11.3 Å². The summed E-state index contributed by atoms with van der Waals surface area (Å²) in [6.07, 6.45) is 0. The number of carbonyl (C=O) groups excluding carboxylic acids is 1. The second-order valence-corrected chi connectivity index (χ2v) is 8.86. The number of carbonyl (C=O) groups is 1. The van der Waals surface area contributed by atoms with Crippen LogP contribution in [-0.4, -0.2) is 37.4 Å². The topological polar surface area (TPSA) is 131 Å². The third-order valence-electron chi connectivity index (χ3n) is 4.61. The maximum absolute atomic E-state index is 14.5. The van der Waals surface area contributed by atoms with E-state index in [1.807, 2.05) is 0 Å². The van der Waals surface area contributed by atoms with Crippen LogP contribution in [0.4, 0.5) is 20.2 Å². The van der Waals surface area contributed by atoms with Gasteiger partial charge in [-0.1, -0.05) is 0 Å². The first-order valence-electron chi connectivity index (χ1n) is 8.41. The zero-order valence-corrected chi connectivity index (χ0v) is 16.4. The van der Waals surface area contributed by atoms with Crippen LogP contribution >= 0.6 is 0 Å². The lowest BCUT2D eigenvalue weighted by Crippen LogP contribution is -2.50. The van der Waals surface area contributed by atoms with E-state index in [0.29, 0.717) is 0 Å². The Morgan fingerprint density at radius 3 is 2.48 bits per heavy atom. The number of sulfonamides is 1. The summed E-state index contributed by atoms with van der Waals surface area (Å²) in [5, 5.41) is 2.46. The Balaban J connectivity index is 1.98. The molecule has 5 N–H and O–H groups in total. The number of aliphatic imine (C=N–C) groups is 1. The molecule has 1 amide bonds. The van der Waals surface area contributed by atoms with Gasteiger partial charge in [0.25, 0.3) is 5.91 Å². The highest BCUT2D eigenvalue weighted by molar-refractivity contribution is 7.89. The van der Waals surface area contributed by atoms with E-state index in [2.05, 4.69) is 10.3 Å². The van der Waals surface area contributed by atoms with Gasteiger partial charge >= 0.3 is 0 Å². The molecule has 0 aliphatic carbocycles. The van der Waals surface area contributed by atoms with Crippen molar-refractivity contribution in [3.05, 3.63) is 59.2 Å². The first kappa shape index (κ1) is 20.5. The predicted octanol–water partition coefficient (Wildman–Crippen LogP) is 1.60. The number of hydrogen-bond acceptors (Lipinski definition) is 6. The molecule has 154 valence electrons. The van der Waals surface area contributed by atoms with Gasteiger partial charge in [0.2, 0.25) is 16.0 Å². The first-order valence-corrected chi connectivity index (χ1v) is 10.0. The highest BCUT2D eigenvalue weighted by Crippen LogP contribution is 2.34. The van der Waals surface area contributed by atoms with Crippen LogP contribution in [0, 0.1) is 11.6 Å². The Kier molecular flexibility index (Phi) is 4.95. The molecule has 1 atom stereocenters. The van der Waals surface area contributed by atoms with E-state index in [9.17, 15) is 22.0 Å². The zero-order valence-electron chi connectivity index (χ0n) is 15.6. The molecule has 1 aliphatic heterocycles. The van der Waals surface area contributed by atoms with Crippen molar-refractivity contribution in [2.24, 2.45) is 10.7 Å². The molecule has 0 saturated heterocycles. The predicted molar refractivity (Wildman–Crippen MR) is 106 cm³/mol. The number of hydrogen-bond donors (Lipinski definition) is 3. The van der Waals surface area contributed by atoms with Gasteiger partial charge in [-0.2, -0.15) is 0 Å². The molecule has 2 aromatic rings. The van der Waals surface area contributed by atoms with Crippen molar-refractivity contribution < 1.29 is 22.0 Å². The summed E-state index contributed by atoms with van der Waals surface area (Å²) < 4.78 is 54.0. The highest BCUT2D eigenvalue weighted by Gasteiger charge is 2.41. The molecule has 8 nitrogen and oxygen atoms in total. The fraction of sp³-hybridized carbons (Fsp3) is 0.222. The van der Waals surface area contributed by atoms with Gasteiger partial charge in [-0.25, -0.2) is 26.5 Å². The molecular formula is C18H19F2N5O3S. The van der Waals surface area contributed by atoms with Gasteiger partial charge in [0, 0.05) is 24.0 Å². The van der Waals surface area contributed by atoms with E-state index >= 15 is 0 Å². The fourth-order valence-corrected chi connectivity index (χ4v) is 4.47. The minimum atomic E-state index is -3.81. The van der Waals surface area contributed by atoms with Crippen LogP contribution in [-0.2, 0) is 15.6 Å². The lowest BCUT2D eigenvalue weighted by molar-refractivity contribution is 0.102. The number of nitrogens with one attached hydrogen (secondary N) is 1. The summed E-state index contributed by atoms with van der Waals surface area (Å²) >= 11 is 0. The molecule has 1 aliphatic rings. The fourth-order valence-electron chi connectivity index (χ4n) is 3.02. The molecule has 0 unspecified atom stereocenters. The van der Waals surface area contributed by atoms with Crippen LogP contribution < -0.4 is 16.8 Å². The minimum Gasteiger partial charge on any atom is -0.399 e. The van der Waals surface area contributed by atoms with Crippen LogP contribution in [0.15, 0.2) is 41.4 Å². The first-order chi connectivity index (χ1) is 13.4. The molecule has 0 fully saturated rings. The largest absolute Gasteiger partial charge is 0.399 e. The number of benzene rings is 2. The van der Waals surface area contributed by atoms with Crippen molar-refractivity contribution in [3.63, 3.8) is 0 Å². The van der Waals surface area contributed by atoms with E-state index in [-0.39, 0.29) is 28.5 Å². The van der Waals surface area contributed by atoms with Crippen molar-refractivity contribution in [2.75, 3.05) is 23.9 Å². The molecule has 3 rings (SSSR count). The number of halogens is 2. The Morgan fingerprint density at radius 1 is 1.17 bits per heavy atom. The molecule has 0 radical (unpaired) electrons. The summed E-state index contributed by atoms with van der Waals surface area (Å²) in [6.45, 7) is 1.42. The molecule has 29 heavy (non-hydrogen) atoms. The van der Waals surface area contributed by atoms with Crippen LogP contribution in [0.25, 0.3) is 0 Å². The van der Waals surface area contributed by atoms with Crippen LogP contribution in [0.3, 0.4) is 0 Å². The number of nitrogens with two attached hydrogens (primary N) is 2. The Labute approximate surface area is 166 Å². The lowest BCUT2D eigenvalue weighted by atomic mass is 9.93. The molecule has 0 saturated carbocycles. The van der Waals surface area contributed by atoms with E-state index in [4.69, 9.17) is 11.5 Å². The molecule has 0 bridgehead atoms. The number of rotatable bonds is 3. The van der Waals surface area contributed by atoms with Gasteiger partial charge < -0.3 is 16.8 Å². The summed E-state index contributed by atoms with van der Waals surface area (Å²) in [4.78, 5) is 16.5. The average Bonchev–Trinajstić information content (AvgIpc) is 2.60. The van der Waals surface area contributed by atoms with Crippen molar-refractivity contribution in [2.45, 2.75) is 12.5 Å². The van der Waals surface area contributed by atoms with Gasteiger partial charge in [0.1, 0.15) is 17.2 Å². The third kappa shape index (κ3) is 3.86. The SMILES string of the molecule is CN1C(N)=N[C@](C)(c2cc(NC(=O)c3ccc(N)cc3F)ccc2F)CS1(=O)=O. The van der Waals surface area contributed by atoms with Gasteiger partial charge in [0.15, 0.2) is 0 Å². The average molecular weight is 423 g/mol. The van der Waals surface area contributed by atoms with Gasteiger partial charge in [-0.15, -0.1) is 0 Å². The van der Waals surface area contributed by atoms with Gasteiger partial charge in [-0.05, 0) is 43.3 Å². The Hall–Kier alpha value is -3.21. The normalized spacial score (nSPS) is 20.8. The number of guanidine groups is 1. The molecule has 2 aromatic carbocycles. The number of amides is 1. The maximum atomic E-state index is 14.5. The number of nitrogen functional groups attached to an aromatic ring is 1. The van der Waals surface area contributed by atoms with Gasteiger partial charge in [-0.3, -0.25) is 4.79 Å². The van der Waals surface area contributed by atoms with Crippen LogP contribution in [0.5, 0.6) is 0 Å². The van der Waals surface area contributed by atoms with Crippen molar-refractivity contribution >= 4 is 33.3 Å². The van der Waals surface area contributed by atoms with E-state index in [1.165, 1.54) is 38.2 Å². The van der Waals surface area contributed by atoms with E-state index in [0.717, 1.165) is 16.4 Å². The highest BCUT2D eigenvalue weighted by atomic mass is 32.2. The smallest absolute Gasteiger partial charge is 0.258 e. The summed E-state index contributed by atoms with van der Waals surface area (Å²) in [5.74, 6) is -3.10. The molecule has 1 heterocycles. The van der Waals surface area contributed by atoms with Crippen molar-refractivity contribution in [1.29, 1.82) is 0 Å². The summed E-state index contributed by atoms with van der Waals surface area (Å²) in [5.41, 5.74) is 9.62. The molecule has 11 heteroatoms. The second-order valence-electron chi connectivity index (χ2n) is 6.86. The second kappa shape index (κ2) is 6.99. The summed E-state index contributed by atoms with van der Waals surface area (Å²) in [6, 6.07) is 7.18. The minimum absolute atomic E-state index is 0.0762. The number of anilines is 2. The molecule has 0 aromatic heterocycles.